The highest BCUT2D eigenvalue weighted by atomic mass is 32.2. The molecule has 1 rings (SSSR count). The molecule has 0 aliphatic carbocycles. The second-order valence-electron chi connectivity index (χ2n) is 3.51. The normalized spacial score (nSPS) is 24.7. The van der Waals surface area contributed by atoms with Gasteiger partial charge >= 0.3 is 0 Å². The standard InChI is InChI=1S/C8H18N2O3S/c1-3-9(2)14(12,13)10-6-4-5-8(10)7-11/h8,11H,3-7H2,1-2H3/t8-/m0/s1. The predicted octanol–water partition coefficient (Wildman–Crippen LogP) is -0.360. The summed E-state index contributed by atoms with van der Waals surface area (Å²) in [5.41, 5.74) is 0. The lowest BCUT2D eigenvalue weighted by Gasteiger charge is -2.27. The van der Waals surface area contributed by atoms with Crippen LogP contribution in [0.2, 0.25) is 0 Å². The second kappa shape index (κ2) is 4.57. The minimum atomic E-state index is -3.34. The van der Waals surface area contributed by atoms with Crippen molar-refractivity contribution in [2.24, 2.45) is 0 Å². The van der Waals surface area contributed by atoms with E-state index in [0.29, 0.717) is 13.1 Å². The molecular weight excluding hydrogens is 204 g/mol. The molecule has 0 unspecified atom stereocenters. The van der Waals surface area contributed by atoms with Crippen molar-refractivity contribution in [2.75, 3.05) is 26.7 Å². The van der Waals surface area contributed by atoms with E-state index in [9.17, 15) is 8.42 Å². The molecule has 0 saturated carbocycles. The molecule has 0 aromatic carbocycles. The second-order valence-corrected chi connectivity index (χ2v) is 5.50. The van der Waals surface area contributed by atoms with Crippen LogP contribution in [0, 0.1) is 0 Å². The van der Waals surface area contributed by atoms with E-state index in [1.165, 1.54) is 8.61 Å². The zero-order chi connectivity index (χ0) is 10.8. The summed E-state index contributed by atoms with van der Waals surface area (Å²) in [6, 6.07) is -0.228. The van der Waals surface area contributed by atoms with Crippen LogP contribution in [0.15, 0.2) is 0 Å². The number of rotatable bonds is 4. The molecule has 0 amide bonds. The van der Waals surface area contributed by atoms with Crippen molar-refractivity contribution in [1.82, 2.24) is 8.61 Å². The Balaban J connectivity index is 2.81. The first-order valence-electron chi connectivity index (χ1n) is 4.88. The molecule has 14 heavy (non-hydrogen) atoms. The SMILES string of the molecule is CCN(C)S(=O)(=O)N1CCC[C@H]1CO. The third-order valence-corrected chi connectivity index (χ3v) is 4.79. The van der Waals surface area contributed by atoms with Crippen molar-refractivity contribution < 1.29 is 13.5 Å². The summed E-state index contributed by atoms with van der Waals surface area (Å²) in [7, 11) is -1.79. The summed E-state index contributed by atoms with van der Waals surface area (Å²) >= 11 is 0. The van der Waals surface area contributed by atoms with Gasteiger partial charge in [0.05, 0.1) is 6.61 Å². The van der Waals surface area contributed by atoms with Gasteiger partial charge in [0, 0.05) is 26.2 Å². The lowest BCUT2D eigenvalue weighted by Crippen LogP contribution is -2.45. The Morgan fingerprint density at radius 2 is 2.21 bits per heavy atom. The topological polar surface area (TPSA) is 60.9 Å². The lowest BCUT2D eigenvalue weighted by atomic mass is 10.2. The van der Waals surface area contributed by atoms with Crippen molar-refractivity contribution in [3.05, 3.63) is 0 Å². The Morgan fingerprint density at radius 1 is 1.57 bits per heavy atom. The molecule has 1 heterocycles. The number of hydrogen-bond acceptors (Lipinski definition) is 3. The van der Waals surface area contributed by atoms with Gasteiger partial charge in [-0.05, 0) is 12.8 Å². The summed E-state index contributed by atoms with van der Waals surface area (Å²) in [6.45, 7) is 2.69. The van der Waals surface area contributed by atoms with Crippen LogP contribution in [-0.4, -0.2) is 54.9 Å². The Bertz CT molecular complexity index is 278. The number of hydrogen-bond donors (Lipinski definition) is 1. The van der Waals surface area contributed by atoms with Gasteiger partial charge in [-0.15, -0.1) is 0 Å². The lowest BCUT2D eigenvalue weighted by molar-refractivity contribution is 0.208. The smallest absolute Gasteiger partial charge is 0.282 e. The molecule has 84 valence electrons. The largest absolute Gasteiger partial charge is 0.395 e. The predicted molar refractivity (Wildman–Crippen MR) is 54.0 cm³/mol. The fraction of sp³-hybridized carbons (Fsp3) is 1.00. The summed E-state index contributed by atoms with van der Waals surface area (Å²) in [5.74, 6) is 0. The van der Waals surface area contributed by atoms with Crippen LogP contribution in [0.4, 0.5) is 0 Å². The van der Waals surface area contributed by atoms with Gasteiger partial charge in [0.1, 0.15) is 0 Å². The maximum Gasteiger partial charge on any atom is 0.282 e. The number of aliphatic hydroxyl groups is 1. The number of nitrogens with zero attached hydrogens (tertiary/aromatic N) is 2. The molecule has 1 aliphatic heterocycles. The van der Waals surface area contributed by atoms with Crippen LogP contribution in [0.1, 0.15) is 19.8 Å². The van der Waals surface area contributed by atoms with Gasteiger partial charge in [0.15, 0.2) is 0 Å². The van der Waals surface area contributed by atoms with Crippen molar-refractivity contribution in [1.29, 1.82) is 0 Å². The quantitative estimate of drug-likeness (QED) is 0.706. The molecule has 0 spiro atoms. The average molecular weight is 222 g/mol. The number of aliphatic hydroxyl groups excluding tert-OH is 1. The third kappa shape index (κ3) is 2.08. The van der Waals surface area contributed by atoms with E-state index in [1.54, 1.807) is 14.0 Å². The Kier molecular flexibility index (Phi) is 3.88. The highest BCUT2D eigenvalue weighted by Crippen LogP contribution is 2.21. The molecule has 1 saturated heterocycles. The highest BCUT2D eigenvalue weighted by molar-refractivity contribution is 7.86. The molecule has 1 N–H and O–H groups in total. The molecule has 0 bridgehead atoms. The van der Waals surface area contributed by atoms with E-state index in [1.807, 2.05) is 0 Å². The summed E-state index contributed by atoms with van der Waals surface area (Å²) in [6.07, 6.45) is 1.59. The Morgan fingerprint density at radius 3 is 2.71 bits per heavy atom. The van der Waals surface area contributed by atoms with Crippen molar-refractivity contribution in [2.45, 2.75) is 25.8 Å². The van der Waals surface area contributed by atoms with Crippen LogP contribution < -0.4 is 0 Å². The Labute approximate surface area is 85.5 Å². The Hall–Kier alpha value is -0.170. The van der Waals surface area contributed by atoms with E-state index in [0.717, 1.165) is 12.8 Å². The molecule has 0 aromatic rings. The summed E-state index contributed by atoms with van der Waals surface area (Å²) < 4.78 is 26.5. The van der Waals surface area contributed by atoms with E-state index in [2.05, 4.69) is 0 Å². The van der Waals surface area contributed by atoms with Gasteiger partial charge in [-0.2, -0.15) is 17.0 Å². The van der Waals surface area contributed by atoms with Gasteiger partial charge in [-0.3, -0.25) is 0 Å². The van der Waals surface area contributed by atoms with Crippen LogP contribution in [0.3, 0.4) is 0 Å². The van der Waals surface area contributed by atoms with E-state index >= 15 is 0 Å². The van der Waals surface area contributed by atoms with Crippen LogP contribution >= 0.6 is 0 Å². The molecular formula is C8H18N2O3S. The van der Waals surface area contributed by atoms with Crippen molar-refractivity contribution >= 4 is 10.2 Å². The van der Waals surface area contributed by atoms with E-state index < -0.39 is 10.2 Å². The van der Waals surface area contributed by atoms with Gasteiger partial charge in [-0.25, -0.2) is 0 Å². The van der Waals surface area contributed by atoms with Crippen LogP contribution in [-0.2, 0) is 10.2 Å². The van der Waals surface area contributed by atoms with Crippen molar-refractivity contribution in [3.8, 4) is 0 Å². The molecule has 6 heteroatoms. The first-order chi connectivity index (χ1) is 6.54. The third-order valence-electron chi connectivity index (χ3n) is 2.67. The fourth-order valence-corrected chi connectivity index (χ4v) is 3.23. The average Bonchev–Trinajstić information content (AvgIpc) is 2.64. The molecule has 1 aliphatic rings. The summed E-state index contributed by atoms with van der Waals surface area (Å²) in [4.78, 5) is 0. The first-order valence-corrected chi connectivity index (χ1v) is 6.27. The first kappa shape index (κ1) is 11.9. The zero-order valence-corrected chi connectivity index (χ0v) is 9.50. The summed E-state index contributed by atoms with van der Waals surface area (Å²) in [5, 5.41) is 9.03. The van der Waals surface area contributed by atoms with Gasteiger partial charge < -0.3 is 5.11 Å². The maximum absolute atomic E-state index is 11.9. The van der Waals surface area contributed by atoms with E-state index in [4.69, 9.17) is 5.11 Å². The van der Waals surface area contributed by atoms with Crippen LogP contribution in [0.5, 0.6) is 0 Å². The van der Waals surface area contributed by atoms with E-state index in [-0.39, 0.29) is 12.6 Å². The minimum Gasteiger partial charge on any atom is -0.395 e. The monoisotopic (exact) mass is 222 g/mol. The molecule has 0 aromatic heterocycles. The van der Waals surface area contributed by atoms with Crippen LogP contribution in [0.25, 0.3) is 0 Å². The fourth-order valence-electron chi connectivity index (χ4n) is 1.64. The zero-order valence-electron chi connectivity index (χ0n) is 8.68. The molecule has 5 nitrogen and oxygen atoms in total. The maximum atomic E-state index is 11.9. The van der Waals surface area contributed by atoms with Gasteiger partial charge in [-0.1, -0.05) is 6.92 Å². The molecule has 0 radical (unpaired) electrons. The molecule has 1 fully saturated rings. The molecule has 1 atom stereocenters. The van der Waals surface area contributed by atoms with Gasteiger partial charge in [0.25, 0.3) is 10.2 Å². The highest BCUT2D eigenvalue weighted by Gasteiger charge is 2.35. The minimum absolute atomic E-state index is 0.0865. The van der Waals surface area contributed by atoms with Crippen molar-refractivity contribution in [3.63, 3.8) is 0 Å². The van der Waals surface area contributed by atoms with Gasteiger partial charge in [0.2, 0.25) is 0 Å².